The van der Waals surface area contributed by atoms with E-state index in [2.05, 4.69) is 44.7 Å². The smallest absolute Gasteiger partial charge is 0.161 e. The fourth-order valence-electron chi connectivity index (χ4n) is 4.35. The first-order valence-corrected chi connectivity index (χ1v) is 10.4. The van der Waals surface area contributed by atoms with Crippen LogP contribution in [0.1, 0.15) is 79.9 Å². The number of aromatic amines is 2. The van der Waals surface area contributed by atoms with Crippen molar-refractivity contribution in [2.24, 2.45) is 0 Å². The molecular formula is C23H25IN2O2. The maximum Gasteiger partial charge on any atom is 0.161 e. The molecule has 0 aliphatic carbocycles. The quantitative estimate of drug-likeness (QED) is 0.354. The van der Waals surface area contributed by atoms with E-state index in [1.54, 1.807) is 13.8 Å². The molecule has 2 N–H and O–H groups in total. The summed E-state index contributed by atoms with van der Waals surface area (Å²) in [5, 5.41) is 0. The Morgan fingerprint density at radius 1 is 0.821 bits per heavy atom. The fourth-order valence-corrected chi connectivity index (χ4v) is 5.05. The lowest BCUT2D eigenvalue weighted by Crippen LogP contribution is -2.10. The van der Waals surface area contributed by atoms with Crippen molar-refractivity contribution >= 4 is 34.2 Å². The lowest BCUT2D eigenvalue weighted by molar-refractivity contribution is 0.100. The summed E-state index contributed by atoms with van der Waals surface area (Å²) in [5.74, 6) is -0.00246. The molecule has 0 aliphatic heterocycles. The Morgan fingerprint density at radius 3 is 1.61 bits per heavy atom. The summed E-state index contributed by atoms with van der Waals surface area (Å²) in [6.07, 6.45) is 0. The van der Waals surface area contributed by atoms with E-state index in [4.69, 9.17) is 0 Å². The Labute approximate surface area is 179 Å². The van der Waals surface area contributed by atoms with E-state index >= 15 is 0 Å². The molecule has 28 heavy (non-hydrogen) atoms. The summed E-state index contributed by atoms with van der Waals surface area (Å²) in [5.41, 5.74) is 8.31. The van der Waals surface area contributed by atoms with Crippen LogP contribution in [0, 0.1) is 31.3 Å². The number of halogens is 1. The molecule has 0 fully saturated rings. The lowest BCUT2D eigenvalue weighted by atomic mass is 9.87. The highest BCUT2D eigenvalue weighted by atomic mass is 127. The van der Waals surface area contributed by atoms with Crippen LogP contribution in [0.3, 0.4) is 0 Å². The molecule has 5 heteroatoms. The molecule has 0 unspecified atom stereocenters. The third-order valence-electron chi connectivity index (χ3n) is 5.45. The van der Waals surface area contributed by atoms with Crippen LogP contribution in [-0.4, -0.2) is 21.5 Å². The molecule has 0 radical (unpaired) electrons. The third kappa shape index (κ3) is 3.36. The molecule has 0 spiro atoms. The predicted octanol–water partition coefficient (Wildman–Crippen LogP) is 5.77. The van der Waals surface area contributed by atoms with Crippen LogP contribution in [0.15, 0.2) is 24.3 Å². The van der Waals surface area contributed by atoms with Gasteiger partial charge in [-0.25, -0.2) is 0 Å². The summed E-state index contributed by atoms with van der Waals surface area (Å²) in [6.45, 7) is 11.1. The molecule has 2 heterocycles. The van der Waals surface area contributed by atoms with Gasteiger partial charge < -0.3 is 9.97 Å². The first-order valence-electron chi connectivity index (χ1n) is 9.29. The van der Waals surface area contributed by atoms with E-state index in [1.807, 2.05) is 39.8 Å². The number of rotatable bonds is 5. The largest absolute Gasteiger partial charge is 0.361 e. The van der Waals surface area contributed by atoms with Crippen LogP contribution in [0.5, 0.6) is 0 Å². The van der Waals surface area contributed by atoms with Gasteiger partial charge in [-0.3, -0.25) is 9.59 Å². The van der Waals surface area contributed by atoms with Gasteiger partial charge in [0.25, 0.3) is 0 Å². The highest BCUT2D eigenvalue weighted by Crippen LogP contribution is 2.39. The molecule has 3 aromatic rings. The standard InChI is InChI=1S/C23H25IN2O2/c1-11-19(15(5)27)13(3)25-22(11)21(17-9-7-8-10-18(17)24)23-12(2)20(16(6)28)14(4)26-23/h7-10,21,25-26H,1-6H3. The van der Waals surface area contributed by atoms with Crippen molar-refractivity contribution < 1.29 is 9.59 Å². The second-order valence-electron chi connectivity index (χ2n) is 7.39. The van der Waals surface area contributed by atoms with E-state index < -0.39 is 0 Å². The molecule has 3 rings (SSSR count). The number of hydrogen-bond acceptors (Lipinski definition) is 2. The summed E-state index contributed by atoms with van der Waals surface area (Å²) >= 11 is 2.35. The molecule has 146 valence electrons. The van der Waals surface area contributed by atoms with Crippen molar-refractivity contribution in [3.8, 4) is 0 Å². The number of nitrogens with one attached hydrogen (secondary N) is 2. The second kappa shape index (κ2) is 7.70. The number of aromatic nitrogens is 2. The highest BCUT2D eigenvalue weighted by Gasteiger charge is 2.30. The maximum absolute atomic E-state index is 12.2. The number of ketones is 2. The van der Waals surface area contributed by atoms with Gasteiger partial charge in [0.2, 0.25) is 0 Å². The third-order valence-corrected chi connectivity index (χ3v) is 6.43. The number of benzene rings is 1. The van der Waals surface area contributed by atoms with Crippen molar-refractivity contribution in [2.75, 3.05) is 0 Å². The monoisotopic (exact) mass is 488 g/mol. The Hall–Kier alpha value is -2.15. The van der Waals surface area contributed by atoms with Crippen molar-refractivity contribution in [3.63, 3.8) is 0 Å². The average molecular weight is 488 g/mol. The number of Topliss-reactive ketones (excluding diaryl/α,β-unsaturated/α-hetero) is 2. The van der Waals surface area contributed by atoms with E-state index in [-0.39, 0.29) is 17.5 Å². The SMILES string of the molecule is CC(=O)c1c(C)[nH]c(C(c2ccccc2I)c2[nH]c(C)c(C(C)=O)c2C)c1C. The zero-order valence-electron chi connectivity index (χ0n) is 17.1. The van der Waals surface area contributed by atoms with Crippen LogP contribution < -0.4 is 0 Å². The minimum atomic E-state index is -0.119. The molecule has 2 aromatic heterocycles. The summed E-state index contributed by atoms with van der Waals surface area (Å²) in [7, 11) is 0. The topological polar surface area (TPSA) is 65.7 Å². The Bertz CT molecular complexity index is 1020. The molecule has 0 bridgehead atoms. The zero-order chi connectivity index (χ0) is 20.7. The van der Waals surface area contributed by atoms with Crippen molar-refractivity contribution in [1.82, 2.24) is 9.97 Å². The highest BCUT2D eigenvalue weighted by molar-refractivity contribution is 14.1. The minimum Gasteiger partial charge on any atom is -0.361 e. The van der Waals surface area contributed by atoms with Crippen molar-refractivity contribution in [3.05, 3.63) is 78.4 Å². The molecular weight excluding hydrogens is 463 g/mol. The van der Waals surface area contributed by atoms with Gasteiger partial charge in [0.15, 0.2) is 11.6 Å². The molecule has 4 nitrogen and oxygen atoms in total. The number of aryl methyl sites for hydroxylation is 2. The Kier molecular flexibility index (Phi) is 5.66. The van der Waals surface area contributed by atoms with E-state index in [0.717, 1.165) is 54.2 Å². The van der Waals surface area contributed by atoms with Gasteiger partial charge in [-0.15, -0.1) is 0 Å². The van der Waals surface area contributed by atoms with Gasteiger partial charge in [-0.2, -0.15) is 0 Å². The summed E-state index contributed by atoms with van der Waals surface area (Å²) < 4.78 is 1.14. The summed E-state index contributed by atoms with van der Waals surface area (Å²) in [4.78, 5) is 31.4. The van der Waals surface area contributed by atoms with Gasteiger partial charge >= 0.3 is 0 Å². The first kappa shape index (κ1) is 20.6. The normalized spacial score (nSPS) is 11.3. The summed E-state index contributed by atoms with van der Waals surface area (Å²) in [6, 6.07) is 8.23. The minimum absolute atomic E-state index is 0.0582. The van der Waals surface area contributed by atoms with Crippen molar-refractivity contribution in [2.45, 2.75) is 47.5 Å². The van der Waals surface area contributed by atoms with E-state index in [9.17, 15) is 9.59 Å². The van der Waals surface area contributed by atoms with Gasteiger partial charge in [0.1, 0.15) is 0 Å². The molecule has 0 saturated heterocycles. The van der Waals surface area contributed by atoms with Crippen LogP contribution in [-0.2, 0) is 0 Å². The van der Waals surface area contributed by atoms with Crippen molar-refractivity contribution in [1.29, 1.82) is 0 Å². The number of carbonyl (C=O) groups is 2. The average Bonchev–Trinajstić information content (AvgIpc) is 3.05. The van der Waals surface area contributed by atoms with Crippen LogP contribution >= 0.6 is 22.6 Å². The number of hydrogen-bond donors (Lipinski definition) is 2. The molecule has 1 aromatic carbocycles. The van der Waals surface area contributed by atoms with E-state index in [1.165, 1.54) is 0 Å². The molecule has 0 atom stereocenters. The van der Waals surface area contributed by atoms with Gasteiger partial charge in [0, 0.05) is 37.5 Å². The van der Waals surface area contributed by atoms with Crippen LogP contribution in [0.25, 0.3) is 0 Å². The van der Waals surface area contributed by atoms with Gasteiger partial charge in [-0.1, -0.05) is 18.2 Å². The van der Waals surface area contributed by atoms with Crippen LogP contribution in [0.2, 0.25) is 0 Å². The second-order valence-corrected chi connectivity index (χ2v) is 8.56. The zero-order valence-corrected chi connectivity index (χ0v) is 19.2. The van der Waals surface area contributed by atoms with E-state index in [0.29, 0.717) is 0 Å². The van der Waals surface area contributed by atoms with Crippen LogP contribution in [0.4, 0.5) is 0 Å². The Balaban J connectivity index is 2.35. The first-order chi connectivity index (χ1) is 13.1. The van der Waals surface area contributed by atoms with Gasteiger partial charge in [0.05, 0.1) is 5.92 Å². The molecule has 0 saturated carbocycles. The fraction of sp³-hybridized carbons (Fsp3) is 0.304. The molecule has 0 amide bonds. The molecule has 0 aliphatic rings. The van der Waals surface area contributed by atoms with Gasteiger partial charge in [-0.05, 0) is 86.9 Å². The Morgan fingerprint density at radius 2 is 1.25 bits per heavy atom. The lowest BCUT2D eigenvalue weighted by Gasteiger charge is -2.20. The number of H-pyrrole nitrogens is 2. The predicted molar refractivity (Wildman–Crippen MR) is 121 cm³/mol. The maximum atomic E-state index is 12.2. The number of carbonyl (C=O) groups excluding carboxylic acids is 2.